The molecule has 3 heterocycles. The van der Waals surface area contributed by atoms with E-state index in [0.717, 1.165) is 100 Å². The third-order valence-corrected chi connectivity index (χ3v) is 13.8. The summed E-state index contributed by atoms with van der Waals surface area (Å²) in [7, 11) is 0. The number of allylic oxidation sites excluding steroid dienone is 4. The van der Waals surface area contributed by atoms with E-state index in [0.29, 0.717) is 0 Å². The first kappa shape index (κ1) is 35.2. The van der Waals surface area contributed by atoms with Crippen molar-refractivity contribution in [2.45, 2.75) is 32.6 Å². The summed E-state index contributed by atoms with van der Waals surface area (Å²) >= 11 is 0. The minimum absolute atomic E-state index is 0.124. The van der Waals surface area contributed by atoms with E-state index >= 15 is 0 Å². The quantitative estimate of drug-likeness (QED) is 0.174. The van der Waals surface area contributed by atoms with Gasteiger partial charge in [0.2, 0.25) is 0 Å². The van der Waals surface area contributed by atoms with E-state index in [-0.39, 0.29) is 11.3 Å². The molecule has 1 unspecified atom stereocenters. The Bertz CT molecular complexity index is 3720. The van der Waals surface area contributed by atoms with Crippen LogP contribution in [0.2, 0.25) is 0 Å². The van der Waals surface area contributed by atoms with Crippen LogP contribution in [-0.4, -0.2) is 0 Å². The van der Waals surface area contributed by atoms with Gasteiger partial charge in [-0.2, -0.15) is 0 Å². The van der Waals surface area contributed by atoms with E-state index in [1.165, 1.54) is 33.5 Å². The number of nitrogens with zero attached hydrogens (tertiary/aromatic N) is 1. The molecule has 0 saturated heterocycles. The highest BCUT2D eigenvalue weighted by Crippen LogP contribution is 2.54. The molecule has 0 N–H and O–H groups in total. The number of furan rings is 3. The van der Waals surface area contributed by atoms with Gasteiger partial charge in [-0.25, -0.2) is 0 Å². The fourth-order valence-corrected chi connectivity index (χ4v) is 10.7. The number of anilines is 2. The van der Waals surface area contributed by atoms with Gasteiger partial charge in [-0.15, -0.1) is 0 Å². The Morgan fingerprint density at radius 3 is 1.77 bits per heavy atom. The molecule has 296 valence electrons. The van der Waals surface area contributed by atoms with Gasteiger partial charge < -0.3 is 18.2 Å². The lowest BCUT2D eigenvalue weighted by molar-refractivity contribution is 0.650. The topological polar surface area (TPSA) is 42.7 Å². The normalized spacial score (nSPS) is 15.8. The Hall–Kier alpha value is -7.56. The van der Waals surface area contributed by atoms with Crippen LogP contribution in [0, 0.1) is 5.92 Å². The maximum absolute atomic E-state index is 7.23. The van der Waals surface area contributed by atoms with Crippen LogP contribution in [-0.2, 0) is 5.41 Å². The minimum Gasteiger partial charge on any atom is -0.455 e. The molecule has 3 aromatic heterocycles. The van der Waals surface area contributed by atoms with Gasteiger partial charge in [-0.1, -0.05) is 160 Å². The molecular weight excluding hydrogens is 759 g/mol. The lowest BCUT2D eigenvalue weighted by Gasteiger charge is -2.33. The van der Waals surface area contributed by atoms with Crippen LogP contribution >= 0.6 is 0 Å². The second-order valence-electron chi connectivity index (χ2n) is 17.6. The number of hydrogen-bond acceptors (Lipinski definition) is 4. The number of hydrogen-bond donors (Lipinski definition) is 0. The Morgan fingerprint density at radius 1 is 0.468 bits per heavy atom. The van der Waals surface area contributed by atoms with E-state index in [1.807, 2.05) is 18.2 Å². The number of rotatable bonds is 5. The molecule has 0 amide bonds. The molecule has 0 fully saturated rings. The first-order valence-electron chi connectivity index (χ1n) is 21.6. The summed E-state index contributed by atoms with van der Waals surface area (Å²) in [4.78, 5) is 2.42. The van der Waals surface area contributed by atoms with Crippen molar-refractivity contribution >= 4 is 82.8 Å². The van der Waals surface area contributed by atoms with Gasteiger partial charge in [-0.05, 0) is 70.7 Å². The summed E-state index contributed by atoms with van der Waals surface area (Å²) < 4.78 is 20.2. The average Bonchev–Trinajstić information content (AvgIpc) is 4.06. The first-order valence-corrected chi connectivity index (χ1v) is 21.6. The Balaban J connectivity index is 0.998. The first-order chi connectivity index (χ1) is 30.4. The van der Waals surface area contributed by atoms with Crippen molar-refractivity contribution in [3.63, 3.8) is 0 Å². The molecule has 0 spiro atoms. The Labute approximate surface area is 358 Å². The molecule has 13 rings (SSSR count). The second-order valence-corrected chi connectivity index (χ2v) is 17.6. The van der Waals surface area contributed by atoms with Crippen LogP contribution in [0.15, 0.2) is 195 Å². The number of fused-ring (bicyclic) bond motifs is 13. The number of para-hydroxylation sites is 5. The van der Waals surface area contributed by atoms with Gasteiger partial charge in [-0.3, -0.25) is 0 Å². The van der Waals surface area contributed by atoms with Crippen molar-refractivity contribution in [3.05, 3.63) is 198 Å². The van der Waals surface area contributed by atoms with Crippen molar-refractivity contribution in [2.75, 3.05) is 4.90 Å². The minimum atomic E-state index is -0.124. The molecule has 1 atom stereocenters. The van der Waals surface area contributed by atoms with Crippen molar-refractivity contribution in [2.24, 2.45) is 5.92 Å². The standard InChI is InChI=1S/C58H41NO3/c1-34-33-36(39-17-11-19-43-41-14-6-9-24-52(41)61-55(39)43)27-32-49(34)59(37-28-25-35(26-29-37)38-16-10-18-42-40-13-5-8-23-51(40)60-54(38)42)50-22-12-20-44-45-30-31-48-53(57(45)62-56(44)50)46-15-4-7-21-47(46)58(48,2)3/h4-32,34H,33H2,1-3H3. The molecule has 2 aliphatic carbocycles. The van der Waals surface area contributed by atoms with Crippen LogP contribution in [0.25, 0.3) is 93.6 Å². The lowest BCUT2D eigenvalue weighted by Crippen LogP contribution is -2.23. The summed E-state index contributed by atoms with van der Waals surface area (Å²) in [6.45, 7) is 6.99. The zero-order chi connectivity index (χ0) is 41.3. The molecule has 0 radical (unpaired) electrons. The van der Waals surface area contributed by atoms with Crippen LogP contribution < -0.4 is 4.90 Å². The summed E-state index contributed by atoms with van der Waals surface area (Å²) in [6.07, 6.45) is 5.46. The van der Waals surface area contributed by atoms with Gasteiger partial charge in [0.25, 0.3) is 0 Å². The summed E-state index contributed by atoms with van der Waals surface area (Å²) in [6, 6.07) is 58.5. The van der Waals surface area contributed by atoms with Gasteiger partial charge in [0.15, 0.2) is 5.58 Å². The van der Waals surface area contributed by atoms with Crippen LogP contribution in [0.3, 0.4) is 0 Å². The zero-order valence-corrected chi connectivity index (χ0v) is 34.7. The molecule has 4 nitrogen and oxygen atoms in total. The summed E-state index contributed by atoms with van der Waals surface area (Å²) in [5.41, 5.74) is 18.3. The average molecular weight is 800 g/mol. The van der Waals surface area contributed by atoms with E-state index < -0.39 is 0 Å². The van der Waals surface area contributed by atoms with E-state index in [4.69, 9.17) is 13.3 Å². The van der Waals surface area contributed by atoms with E-state index in [9.17, 15) is 0 Å². The molecule has 11 aromatic rings. The smallest absolute Gasteiger partial charge is 0.159 e. The molecule has 2 aliphatic rings. The maximum Gasteiger partial charge on any atom is 0.159 e. The third kappa shape index (κ3) is 4.95. The van der Waals surface area contributed by atoms with Crippen molar-refractivity contribution in [3.8, 4) is 22.3 Å². The van der Waals surface area contributed by atoms with Crippen LogP contribution in [0.5, 0.6) is 0 Å². The summed E-state index contributed by atoms with van der Waals surface area (Å²) in [5.74, 6) is 0.162. The van der Waals surface area contributed by atoms with Gasteiger partial charge in [0.05, 0.1) is 5.69 Å². The van der Waals surface area contributed by atoms with Crippen LogP contribution in [0.4, 0.5) is 11.4 Å². The highest BCUT2D eigenvalue weighted by molar-refractivity contribution is 6.15. The van der Waals surface area contributed by atoms with Gasteiger partial charge in [0.1, 0.15) is 27.9 Å². The van der Waals surface area contributed by atoms with E-state index in [2.05, 4.69) is 183 Å². The predicted molar refractivity (Wildman–Crippen MR) is 256 cm³/mol. The predicted octanol–water partition coefficient (Wildman–Crippen LogP) is 16.5. The highest BCUT2D eigenvalue weighted by atomic mass is 16.3. The fraction of sp³-hybridized carbons (Fsp3) is 0.103. The number of benzene rings is 8. The highest BCUT2D eigenvalue weighted by Gasteiger charge is 2.38. The Kier molecular flexibility index (Phi) is 7.37. The molecular formula is C58H41NO3. The second kappa shape index (κ2) is 13.0. The molecule has 0 aliphatic heterocycles. The monoisotopic (exact) mass is 799 g/mol. The maximum atomic E-state index is 7.23. The lowest BCUT2D eigenvalue weighted by atomic mass is 9.82. The molecule has 8 aromatic carbocycles. The molecule has 0 saturated carbocycles. The van der Waals surface area contributed by atoms with Crippen molar-refractivity contribution in [1.29, 1.82) is 0 Å². The molecule has 62 heavy (non-hydrogen) atoms. The Morgan fingerprint density at radius 2 is 1.05 bits per heavy atom. The van der Waals surface area contributed by atoms with E-state index in [1.54, 1.807) is 0 Å². The largest absolute Gasteiger partial charge is 0.455 e. The zero-order valence-electron chi connectivity index (χ0n) is 34.7. The van der Waals surface area contributed by atoms with Gasteiger partial charge >= 0.3 is 0 Å². The van der Waals surface area contributed by atoms with Crippen molar-refractivity contribution < 1.29 is 13.3 Å². The van der Waals surface area contributed by atoms with Gasteiger partial charge in [0, 0.05) is 71.7 Å². The van der Waals surface area contributed by atoms with Crippen LogP contribution in [0.1, 0.15) is 43.9 Å². The SMILES string of the molecule is CC1CC(c2cccc3c2oc2ccccc23)=CC=C1N(c1ccc(-c2cccc3c2oc2ccccc23)cc1)c1cccc2c1oc1c3c(ccc12)C(C)(C)c1ccccc1-3. The molecule has 4 heteroatoms. The summed E-state index contributed by atoms with van der Waals surface area (Å²) in [5, 5.41) is 6.79. The third-order valence-electron chi connectivity index (χ3n) is 13.8. The van der Waals surface area contributed by atoms with Crippen molar-refractivity contribution in [1.82, 2.24) is 0 Å². The molecule has 0 bridgehead atoms. The fourth-order valence-electron chi connectivity index (χ4n) is 10.7.